The summed E-state index contributed by atoms with van der Waals surface area (Å²) in [5.74, 6) is -1.37. The molecule has 0 aliphatic rings. The zero-order valence-electron chi connectivity index (χ0n) is 15.4. The van der Waals surface area contributed by atoms with Gasteiger partial charge in [-0.05, 0) is 23.6 Å². The lowest BCUT2D eigenvalue weighted by molar-refractivity contribution is -0.144. The van der Waals surface area contributed by atoms with Crippen molar-refractivity contribution in [1.82, 2.24) is 5.16 Å². The van der Waals surface area contributed by atoms with Gasteiger partial charge in [-0.15, -0.1) is 0 Å². The Morgan fingerprint density at radius 3 is 2.21 bits per heavy atom. The molecule has 1 aromatic heterocycles. The maximum atomic E-state index is 12.5. The summed E-state index contributed by atoms with van der Waals surface area (Å²) < 4.78 is 28.5. The monoisotopic (exact) mass is 400 g/mol. The van der Waals surface area contributed by atoms with E-state index in [0.717, 1.165) is 5.56 Å². The lowest BCUT2D eigenvalue weighted by Crippen LogP contribution is -2.41. The molecule has 3 N–H and O–H groups in total. The minimum absolute atomic E-state index is 0.0955. The zero-order valence-corrected chi connectivity index (χ0v) is 16.2. The highest BCUT2D eigenvalue weighted by Crippen LogP contribution is 2.41. The number of nitrogens with zero attached hydrogens (tertiary/aromatic N) is 1. The number of benzene rings is 2. The molecule has 7 nitrogen and oxygen atoms in total. The predicted molar refractivity (Wildman–Crippen MR) is 103 cm³/mol. The first kappa shape index (κ1) is 19.8. The third-order valence-electron chi connectivity index (χ3n) is 4.81. The Hall–Kier alpha value is -2.97. The van der Waals surface area contributed by atoms with Crippen molar-refractivity contribution >= 4 is 16.0 Å². The summed E-state index contributed by atoms with van der Waals surface area (Å²) in [6.45, 7) is 3.51. The third kappa shape index (κ3) is 3.32. The molecule has 0 radical (unpaired) electrons. The Labute approximate surface area is 162 Å². The smallest absolute Gasteiger partial charge is 0.322 e. The van der Waals surface area contributed by atoms with Gasteiger partial charge in [-0.1, -0.05) is 61.5 Å². The van der Waals surface area contributed by atoms with Crippen LogP contribution in [0.3, 0.4) is 0 Å². The van der Waals surface area contributed by atoms with Crippen molar-refractivity contribution in [3.8, 4) is 11.3 Å². The van der Waals surface area contributed by atoms with Crippen LogP contribution in [0, 0.1) is 5.92 Å². The molecule has 0 saturated heterocycles. The number of primary sulfonamides is 1. The average Bonchev–Trinajstić information content (AvgIpc) is 3.12. The largest absolute Gasteiger partial charge is 0.480 e. The second kappa shape index (κ2) is 7.21. The van der Waals surface area contributed by atoms with E-state index in [4.69, 9.17) is 9.66 Å². The second-order valence-corrected chi connectivity index (χ2v) is 8.34. The first-order valence-corrected chi connectivity index (χ1v) is 10.1. The fraction of sp³-hybridized carbons (Fsp3) is 0.200. The molecule has 0 saturated carbocycles. The number of nitrogens with two attached hydrogens (primary N) is 1. The molecule has 0 amide bonds. The summed E-state index contributed by atoms with van der Waals surface area (Å²) in [7, 11) is -3.89. The lowest BCUT2D eigenvalue weighted by Gasteiger charge is -2.31. The number of carboxylic acid groups (broad SMARTS) is 1. The van der Waals surface area contributed by atoms with Gasteiger partial charge in [-0.25, -0.2) is 13.6 Å². The number of hydrogen-bond acceptors (Lipinski definition) is 5. The quantitative estimate of drug-likeness (QED) is 0.655. The lowest BCUT2D eigenvalue weighted by atomic mass is 9.69. The van der Waals surface area contributed by atoms with Crippen LogP contribution < -0.4 is 5.14 Å². The van der Waals surface area contributed by atoms with E-state index >= 15 is 0 Å². The SMILES string of the molecule is CC(C)C(C(=O)O)(c1ccc(S(N)(=O)=O)cc1)c1cc(-c2ccccc2)no1. The van der Waals surface area contributed by atoms with E-state index < -0.39 is 27.3 Å². The molecule has 3 aromatic rings. The summed E-state index contributed by atoms with van der Waals surface area (Å²) in [5, 5.41) is 19.4. The van der Waals surface area contributed by atoms with E-state index in [2.05, 4.69) is 5.16 Å². The van der Waals surface area contributed by atoms with E-state index in [0.29, 0.717) is 11.3 Å². The molecule has 1 unspecified atom stereocenters. The van der Waals surface area contributed by atoms with E-state index in [-0.39, 0.29) is 10.7 Å². The topological polar surface area (TPSA) is 123 Å². The Balaban J connectivity index is 2.17. The number of rotatable bonds is 6. The van der Waals surface area contributed by atoms with Gasteiger partial charge in [0.05, 0.1) is 4.90 Å². The van der Waals surface area contributed by atoms with Crippen LogP contribution in [-0.4, -0.2) is 24.7 Å². The molecule has 0 bridgehead atoms. The molecule has 0 spiro atoms. The number of aromatic nitrogens is 1. The molecule has 0 aliphatic heterocycles. The van der Waals surface area contributed by atoms with Crippen molar-refractivity contribution in [2.24, 2.45) is 11.1 Å². The number of sulfonamides is 1. The molecule has 0 aliphatic carbocycles. The molecule has 0 fully saturated rings. The van der Waals surface area contributed by atoms with Gasteiger partial charge in [-0.3, -0.25) is 4.79 Å². The van der Waals surface area contributed by atoms with Crippen LogP contribution in [0.5, 0.6) is 0 Å². The maximum Gasteiger partial charge on any atom is 0.322 e. The van der Waals surface area contributed by atoms with Crippen molar-refractivity contribution in [3.63, 3.8) is 0 Å². The van der Waals surface area contributed by atoms with Crippen LogP contribution in [0.1, 0.15) is 25.2 Å². The molecule has 1 atom stereocenters. The van der Waals surface area contributed by atoms with E-state index in [1.165, 1.54) is 24.3 Å². The highest BCUT2D eigenvalue weighted by atomic mass is 32.2. The maximum absolute atomic E-state index is 12.5. The highest BCUT2D eigenvalue weighted by molar-refractivity contribution is 7.89. The van der Waals surface area contributed by atoms with Crippen LogP contribution in [0.25, 0.3) is 11.3 Å². The average molecular weight is 400 g/mol. The van der Waals surface area contributed by atoms with Crippen LogP contribution >= 0.6 is 0 Å². The fourth-order valence-electron chi connectivity index (χ4n) is 3.35. The van der Waals surface area contributed by atoms with Crippen LogP contribution in [0.2, 0.25) is 0 Å². The summed E-state index contributed by atoms with van der Waals surface area (Å²) in [6, 6.07) is 16.3. The van der Waals surface area contributed by atoms with Gasteiger partial charge in [0.15, 0.2) is 11.2 Å². The Morgan fingerprint density at radius 1 is 1.11 bits per heavy atom. The summed E-state index contributed by atoms with van der Waals surface area (Å²) in [4.78, 5) is 12.4. The molecule has 8 heteroatoms. The molecular weight excluding hydrogens is 380 g/mol. The molecule has 28 heavy (non-hydrogen) atoms. The number of aliphatic carboxylic acids is 1. The molecule has 146 valence electrons. The Morgan fingerprint density at radius 2 is 1.71 bits per heavy atom. The summed E-state index contributed by atoms with van der Waals surface area (Å²) >= 11 is 0. The van der Waals surface area contributed by atoms with Gasteiger partial charge in [-0.2, -0.15) is 0 Å². The summed E-state index contributed by atoms with van der Waals surface area (Å²) in [5.41, 5.74) is 0.142. The van der Waals surface area contributed by atoms with E-state index in [1.54, 1.807) is 19.9 Å². The first-order chi connectivity index (χ1) is 13.2. The van der Waals surface area contributed by atoms with Crippen LogP contribution in [-0.2, 0) is 20.2 Å². The van der Waals surface area contributed by atoms with Gasteiger partial charge in [0.25, 0.3) is 0 Å². The Bertz CT molecular complexity index is 1090. The minimum atomic E-state index is -3.89. The van der Waals surface area contributed by atoms with Gasteiger partial charge in [0.2, 0.25) is 10.0 Å². The van der Waals surface area contributed by atoms with Gasteiger partial charge in [0.1, 0.15) is 5.69 Å². The first-order valence-electron chi connectivity index (χ1n) is 8.56. The van der Waals surface area contributed by atoms with Gasteiger partial charge < -0.3 is 9.63 Å². The fourth-order valence-corrected chi connectivity index (χ4v) is 3.86. The van der Waals surface area contributed by atoms with Crippen LogP contribution in [0.4, 0.5) is 0 Å². The number of carboxylic acids is 1. The van der Waals surface area contributed by atoms with Crippen molar-refractivity contribution in [2.75, 3.05) is 0 Å². The normalized spacial score (nSPS) is 14.0. The zero-order chi connectivity index (χ0) is 20.5. The van der Waals surface area contributed by atoms with Crippen molar-refractivity contribution in [1.29, 1.82) is 0 Å². The van der Waals surface area contributed by atoms with Crippen molar-refractivity contribution in [3.05, 3.63) is 72.0 Å². The minimum Gasteiger partial charge on any atom is -0.480 e. The number of carbonyl (C=O) groups is 1. The highest BCUT2D eigenvalue weighted by Gasteiger charge is 2.49. The molecule has 1 heterocycles. The Kier molecular flexibility index (Phi) is 5.10. The van der Waals surface area contributed by atoms with Gasteiger partial charge in [0, 0.05) is 11.6 Å². The standard InChI is InChI=1S/C20H20N2O5S/c1-13(2)20(19(23)24,15-8-10-16(11-9-15)28(21,25)26)18-12-17(22-27-18)14-6-4-3-5-7-14/h3-13H,1-2H3,(H,23,24)(H2,21,25,26). The second-order valence-electron chi connectivity index (χ2n) is 6.78. The predicted octanol–water partition coefficient (Wildman–Crippen LogP) is 3.02. The van der Waals surface area contributed by atoms with Crippen LogP contribution in [0.15, 0.2) is 70.1 Å². The molecule has 3 rings (SSSR count). The van der Waals surface area contributed by atoms with E-state index in [9.17, 15) is 18.3 Å². The van der Waals surface area contributed by atoms with Crippen molar-refractivity contribution < 1.29 is 22.8 Å². The number of hydrogen-bond donors (Lipinski definition) is 2. The third-order valence-corrected chi connectivity index (χ3v) is 5.74. The molecular formula is C20H20N2O5S. The molecule has 2 aromatic carbocycles. The van der Waals surface area contributed by atoms with E-state index in [1.807, 2.05) is 30.3 Å². The van der Waals surface area contributed by atoms with Gasteiger partial charge >= 0.3 is 5.97 Å². The summed E-state index contributed by atoms with van der Waals surface area (Å²) in [6.07, 6.45) is 0. The van der Waals surface area contributed by atoms with Crippen molar-refractivity contribution in [2.45, 2.75) is 24.2 Å².